The number of ether oxygens (including phenoxy) is 1. The van der Waals surface area contributed by atoms with E-state index >= 15 is 0 Å². The van der Waals surface area contributed by atoms with Crippen LogP contribution >= 0.6 is 0 Å². The topological polar surface area (TPSA) is 46.5 Å². The molecule has 0 amide bonds. The van der Waals surface area contributed by atoms with Crippen LogP contribution in [-0.2, 0) is 11.4 Å². The van der Waals surface area contributed by atoms with Crippen molar-refractivity contribution in [3.05, 3.63) is 71.3 Å². The van der Waals surface area contributed by atoms with E-state index in [0.29, 0.717) is 12.5 Å². The van der Waals surface area contributed by atoms with Crippen molar-refractivity contribution in [2.24, 2.45) is 0 Å². The molecule has 1 aliphatic carbocycles. The minimum atomic E-state index is -0.949. The highest BCUT2D eigenvalue weighted by Crippen LogP contribution is 2.40. The van der Waals surface area contributed by atoms with E-state index in [9.17, 15) is 4.79 Å². The van der Waals surface area contributed by atoms with Crippen LogP contribution in [0.15, 0.2) is 54.6 Å². The summed E-state index contributed by atoms with van der Waals surface area (Å²) in [6.07, 6.45) is 7.64. The van der Waals surface area contributed by atoms with Gasteiger partial charge in [-0.05, 0) is 36.0 Å². The Morgan fingerprint density at radius 2 is 1.83 bits per heavy atom. The van der Waals surface area contributed by atoms with E-state index in [1.165, 1.54) is 37.3 Å². The molecule has 0 bridgehead atoms. The molecule has 0 atom stereocenters. The van der Waals surface area contributed by atoms with Crippen molar-refractivity contribution in [2.45, 2.75) is 38.2 Å². The van der Waals surface area contributed by atoms with Crippen molar-refractivity contribution in [1.29, 1.82) is 0 Å². The Morgan fingerprint density at radius 1 is 1.08 bits per heavy atom. The number of para-hydroxylation sites is 1. The minimum Gasteiger partial charge on any atom is -0.488 e. The fourth-order valence-corrected chi connectivity index (χ4v) is 3.32. The molecule has 3 rings (SSSR count). The maximum Gasteiger partial charge on any atom is 0.328 e. The molecule has 24 heavy (non-hydrogen) atoms. The molecule has 124 valence electrons. The number of carbonyl (C=O) groups is 1. The van der Waals surface area contributed by atoms with Gasteiger partial charge in [-0.15, -0.1) is 0 Å². The molecule has 0 heterocycles. The third kappa shape index (κ3) is 4.05. The van der Waals surface area contributed by atoms with Crippen molar-refractivity contribution in [3.8, 4) is 5.75 Å². The zero-order valence-corrected chi connectivity index (χ0v) is 13.7. The van der Waals surface area contributed by atoms with E-state index in [2.05, 4.69) is 6.07 Å². The van der Waals surface area contributed by atoms with Gasteiger partial charge in [0.15, 0.2) is 0 Å². The van der Waals surface area contributed by atoms with Gasteiger partial charge < -0.3 is 9.84 Å². The fraction of sp³-hybridized carbons (Fsp3) is 0.286. The number of rotatable bonds is 6. The van der Waals surface area contributed by atoms with Crippen LogP contribution in [0.25, 0.3) is 6.08 Å². The first-order valence-corrected chi connectivity index (χ1v) is 8.44. The summed E-state index contributed by atoms with van der Waals surface area (Å²) in [6, 6.07) is 16.1. The standard InChI is InChI=1S/C21H22O3/c22-20(23)14-13-18-11-6-12-19(17-9-4-5-10-17)21(18)24-15-16-7-2-1-3-8-16/h1-3,6-8,11-14,17H,4-5,9-10,15H2,(H,22,23). The Labute approximate surface area is 142 Å². The average molecular weight is 322 g/mol. The Morgan fingerprint density at radius 3 is 2.54 bits per heavy atom. The highest BCUT2D eigenvalue weighted by molar-refractivity contribution is 5.86. The van der Waals surface area contributed by atoms with Crippen molar-refractivity contribution in [3.63, 3.8) is 0 Å². The number of hydrogen-bond acceptors (Lipinski definition) is 2. The fourth-order valence-electron chi connectivity index (χ4n) is 3.32. The smallest absolute Gasteiger partial charge is 0.328 e. The summed E-state index contributed by atoms with van der Waals surface area (Å²) in [6.45, 7) is 0.485. The predicted molar refractivity (Wildman–Crippen MR) is 95.1 cm³/mol. The van der Waals surface area contributed by atoms with Crippen LogP contribution < -0.4 is 4.74 Å². The van der Waals surface area contributed by atoms with Crippen LogP contribution in [0.5, 0.6) is 5.75 Å². The summed E-state index contributed by atoms with van der Waals surface area (Å²) in [7, 11) is 0. The van der Waals surface area contributed by atoms with Crippen molar-refractivity contribution < 1.29 is 14.6 Å². The van der Waals surface area contributed by atoms with Gasteiger partial charge in [0.1, 0.15) is 12.4 Å². The summed E-state index contributed by atoms with van der Waals surface area (Å²) in [5.41, 5.74) is 3.14. The lowest BCUT2D eigenvalue weighted by Crippen LogP contribution is -2.03. The number of benzene rings is 2. The molecular formula is C21H22O3. The molecule has 1 aliphatic rings. The highest BCUT2D eigenvalue weighted by Gasteiger charge is 2.22. The Bertz CT molecular complexity index is 713. The second kappa shape index (κ2) is 7.82. The molecule has 0 unspecified atom stereocenters. The molecule has 2 aromatic rings. The summed E-state index contributed by atoms with van der Waals surface area (Å²) in [5.74, 6) is 0.384. The van der Waals surface area contributed by atoms with Gasteiger partial charge >= 0.3 is 5.97 Å². The lowest BCUT2D eigenvalue weighted by atomic mass is 9.94. The highest BCUT2D eigenvalue weighted by atomic mass is 16.5. The first-order valence-electron chi connectivity index (χ1n) is 8.44. The van der Waals surface area contributed by atoms with Crippen molar-refractivity contribution in [1.82, 2.24) is 0 Å². The summed E-state index contributed by atoms with van der Waals surface area (Å²) >= 11 is 0. The number of carboxylic acids is 1. The minimum absolute atomic E-state index is 0.485. The summed E-state index contributed by atoms with van der Waals surface area (Å²) < 4.78 is 6.15. The first kappa shape index (κ1) is 16.3. The molecule has 3 nitrogen and oxygen atoms in total. The van der Waals surface area contributed by atoms with Crippen molar-refractivity contribution in [2.75, 3.05) is 0 Å². The largest absolute Gasteiger partial charge is 0.488 e. The molecule has 3 heteroatoms. The molecule has 0 spiro atoms. The quantitative estimate of drug-likeness (QED) is 0.759. The number of aliphatic carboxylic acids is 1. The van der Waals surface area contributed by atoms with Gasteiger partial charge in [-0.1, -0.05) is 61.4 Å². The van der Waals surface area contributed by atoms with Crippen LogP contribution in [0.3, 0.4) is 0 Å². The normalized spacial score (nSPS) is 15.0. The van der Waals surface area contributed by atoms with Crippen LogP contribution in [-0.4, -0.2) is 11.1 Å². The van der Waals surface area contributed by atoms with E-state index in [-0.39, 0.29) is 0 Å². The molecular weight excluding hydrogens is 300 g/mol. The Hall–Kier alpha value is -2.55. The maximum absolute atomic E-state index is 10.9. The zero-order chi connectivity index (χ0) is 16.8. The number of carboxylic acid groups (broad SMARTS) is 1. The first-order chi connectivity index (χ1) is 11.7. The van der Waals surface area contributed by atoms with Crippen LogP contribution in [0.2, 0.25) is 0 Å². The summed E-state index contributed by atoms with van der Waals surface area (Å²) in [5, 5.41) is 8.93. The van der Waals surface area contributed by atoms with Gasteiger partial charge in [0.05, 0.1) is 0 Å². The Balaban J connectivity index is 1.90. The van der Waals surface area contributed by atoms with E-state index in [0.717, 1.165) is 16.9 Å². The maximum atomic E-state index is 10.9. The van der Waals surface area contributed by atoms with Gasteiger partial charge in [0.2, 0.25) is 0 Å². The third-order valence-corrected chi connectivity index (χ3v) is 4.50. The predicted octanol–water partition coefficient (Wildman–Crippen LogP) is 5.02. The SMILES string of the molecule is O=C(O)C=Cc1cccc(C2CCCC2)c1OCc1ccccc1. The van der Waals surface area contributed by atoms with E-state index in [1.807, 2.05) is 42.5 Å². The molecule has 2 aromatic carbocycles. The van der Waals surface area contributed by atoms with Crippen LogP contribution in [0.4, 0.5) is 0 Å². The van der Waals surface area contributed by atoms with E-state index in [4.69, 9.17) is 9.84 Å². The van der Waals surface area contributed by atoms with Gasteiger partial charge in [-0.2, -0.15) is 0 Å². The van der Waals surface area contributed by atoms with Gasteiger partial charge in [-0.3, -0.25) is 0 Å². The van der Waals surface area contributed by atoms with Crippen LogP contribution in [0.1, 0.15) is 48.3 Å². The molecule has 0 aromatic heterocycles. The van der Waals surface area contributed by atoms with E-state index < -0.39 is 5.97 Å². The van der Waals surface area contributed by atoms with Gasteiger partial charge in [0.25, 0.3) is 0 Å². The second-order valence-corrected chi connectivity index (χ2v) is 6.19. The molecule has 0 saturated heterocycles. The molecule has 1 N–H and O–H groups in total. The lowest BCUT2D eigenvalue weighted by molar-refractivity contribution is -0.131. The second-order valence-electron chi connectivity index (χ2n) is 6.19. The molecule has 1 saturated carbocycles. The zero-order valence-electron chi connectivity index (χ0n) is 13.7. The average Bonchev–Trinajstić information content (AvgIpc) is 3.13. The molecule has 0 aliphatic heterocycles. The molecule has 0 radical (unpaired) electrons. The van der Waals surface area contributed by atoms with Gasteiger partial charge in [-0.25, -0.2) is 4.79 Å². The van der Waals surface area contributed by atoms with E-state index in [1.54, 1.807) is 6.08 Å². The third-order valence-electron chi connectivity index (χ3n) is 4.50. The Kier molecular flexibility index (Phi) is 5.32. The van der Waals surface area contributed by atoms with Gasteiger partial charge in [0, 0.05) is 11.6 Å². The van der Waals surface area contributed by atoms with Crippen LogP contribution in [0, 0.1) is 0 Å². The lowest BCUT2D eigenvalue weighted by Gasteiger charge is -2.18. The molecule has 1 fully saturated rings. The summed E-state index contributed by atoms with van der Waals surface area (Å²) in [4.78, 5) is 10.9. The monoisotopic (exact) mass is 322 g/mol. The van der Waals surface area contributed by atoms with Crippen molar-refractivity contribution >= 4 is 12.0 Å². The number of hydrogen-bond donors (Lipinski definition) is 1.